The first-order valence-corrected chi connectivity index (χ1v) is 14.2. The highest BCUT2D eigenvalue weighted by molar-refractivity contribution is 5.75. The molecule has 4 heteroatoms. The number of carbonyl (C=O) groups is 1. The number of hydrogen-bond donors (Lipinski definition) is 0. The van der Waals surface area contributed by atoms with Crippen LogP contribution in [0.1, 0.15) is 110 Å². The third kappa shape index (κ3) is 6.82. The van der Waals surface area contributed by atoms with E-state index in [2.05, 4.69) is 6.92 Å². The number of esters is 1. The summed E-state index contributed by atoms with van der Waals surface area (Å²) < 4.78 is 32.2. The Labute approximate surface area is 205 Å². The summed E-state index contributed by atoms with van der Waals surface area (Å²) >= 11 is 0. The van der Waals surface area contributed by atoms with Crippen molar-refractivity contribution < 1.29 is 18.3 Å². The minimum absolute atomic E-state index is 0.162. The van der Waals surface area contributed by atoms with Gasteiger partial charge in [-0.05, 0) is 99.5 Å². The van der Waals surface area contributed by atoms with Crippen LogP contribution in [0.5, 0.6) is 5.75 Å². The van der Waals surface area contributed by atoms with Gasteiger partial charge >= 0.3 is 5.97 Å². The van der Waals surface area contributed by atoms with E-state index < -0.39 is 11.6 Å². The van der Waals surface area contributed by atoms with Crippen LogP contribution in [0.2, 0.25) is 0 Å². The Kier molecular flexibility index (Phi) is 9.42. The van der Waals surface area contributed by atoms with Gasteiger partial charge in [-0.3, -0.25) is 4.79 Å². The quantitative estimate of drug-likeness (QED) is 0.203. The van der Waals surface area contributed by atoms with E-state index in [9.17, 15) is 13.6 Å². The maximum Gasteiger partial charge on any atom is 0.314 e. The summed E-state index contributed by atoms with van der Waals surface area (Å²) in [5.74, 6) is 2.25. The van der Waals surface area contributed by atoms with Crippen LogP contribution >= 0.6 is 0 Å². The molecule has 0 aliphatic heterocycles. The molecular formula is C30H44F2O2. The highest BCUT2D eigenvalue weighted by atomic mass is 19.1. The Balaban J connectivity index is 1.17. The second-order valence-corrected chi connectivity index (χ2v) is 11.6. The lowest BCUT2D eigenvalue weighted by atomic mass is 9.60. The van der Waals surface area contributed by atoms with Gasteiger partial charge in [0.25, 0.3) is 0 Å². The molecule has 1 aromatic rings. The normalized spacial score (nSPS) is 31.6. The van der Waals surface area contributed by atoms with Crippen LogP contribution in [0.15, 0.2) is 18.2 Å². The van der Waals surface area contributed by atoms with Gasteiger partial charge in [-0.25, -0.2) is 8.78 Å². The number of halogens is 2. The molecule has 0 radical (unpaired) electrons. The molecule has 3 aliphatic rings. The van der Waals surface area contributed by atoms with Gasteiger partial charge in [-0.2, -0.15) is 0 Å². The second-order valence-electron chi connectivity index (χ2n) is 11.6. The van der Waals surface area contributed by atoms with Gasteiger partial charge in [-0.15, -0.1) is 0 Å². The van der Waals surface area contributed by atoms with E-state index in [1.165, 1.54) is 83.1 Å². The van der Waals surface area contributed by atoms with E-state index in [1.807, 2.05) is 0 Å². The number of hydrogen-bond acceptors (Lipinski definition) is 2. The van der Waals surface area contributed by atoms with E-state index in [1.54, 1.807) is 0 Å². The Bertz CT molecular complexity index is 786. The van der Waals surface area contributed by atoms with Crippen LogP contribution in [0, 0.1) is 47.1 Å². The molecule has 4 atom stereocenters. The zero-order valence-electron chi connectivity index (χ0n) is 21.1. The van der Waals surface area contributed by atoms with Gasteiger partial charge in [0.05, 0.1) is 5.92 Å². The van der Waals surface area contributed by atoms with Crippen molar-refractivity contribution in [3.63, 3.8) is 0 Å². The zero-order valence-corrected chi connectivity index (χ0v) is 21.1. The van der Waals surface area contributed by atoms with Crippen molar-refractivity contribution in [1.82, 2.24) is 0 Å². The molecule has 4 unspecified atom stereocenters. The van der Waals surface area contributed by atoms with Crippen LogP contribution in [0.4, 0.5) is 8.78 Å². The summed E-state index contributed by atoms with van der Waals surface area (Å²) in [4.78, 5) is 12.6. The third-order valence-corrected chi connectivity index (χ3v) is 9.35. The average Bonchev–Trinajstić information content (AvgIpc) is 2.85. The lowest BCUT2D eigenvalue weighted by Crippen LogP contribution is -2.35. The first-order chi connectivity index (χ1) is 16.5. The maximum atomic E-state index is 13.8. The van der Waals surface area contributed by atoms with E-state index in [0.717, 1.165) is 67.4 Å². The Morgan fingerprint density at radius 2 is 1.47 bits per heavy atom. The van der Waals surface area contributed by atoms with Crippen molar-refractivity contribution in [2.45, 2.75) is 110 Å². The fourth-order valence-corrected chi connectivity index (χ4v) is 7.33. The molecule has 0 spiro atoms. The minimum Gasteiger partial charge on any atom is -0.423 e. The molecule has 0 N–H and O–H groups in total. The Hall–Kier alpha value is -1.45. The SMILES string of the molecule is CCCCCCCC1CCC2CC(C3CCC(C(=O)Oc4ccc(F)cc4F)CC3)CCC2C1. The van der Waals surface area contributed by atoms with Gasteiger partial charge in [0.15, 0.2) is 11.6 Å². The predicted molar refractivity (Wildman–Crippen MR) is 132 cm³/mol. The molecule has 0 saturated heterocycles. The van der Waals surface area contributed by atoms with Crippen molar-refractivity contribution >= 4 is 5.97 Å². The van der Waals surface area contributed by atoms with Crippen LogP contribution in [-0.4, -0.2) is 5.97 Å². The lowest BCUT2D eigenvalue weighted by Gasteiger charge is -2.45. The first kappa shape index (κ1) is 25.6. The largest absolute Gasteiger partial charge is 0.423 e. The number of benzene rings is 1. The van der Waals surface area contributed by atoms with Gasteiger partial charge in [-0.1, -0.05) is 51.9 Å². The molecule has 3 fully saturated rings. The van der Waals surface area contributed by atoms with Gasteiger partial charge in [0.2, 0.25) is 0 Å². The number of carbonyl (C=O) groups excluding carboxylic acids is 1. The summed E-state index contributed by atoms with van der Waals surface area (Å²) in [6.07, 6.45) is 20.8. The zero-order chi connectivity index (χ0) is 23.9. The second kappa shape index (κ2) is 12.5. The van der Waals surface area contributed by atoms with E-state index in [4.69, 9.17) is 4.74 Å². The summed E-state index contributed by atoms with van der Waals surface area (Å²) in [5, 5.41) is 0. The van der Waals surface area contributed by atoms with E-state index in [0.29, 0.717) is 0 Å². The van der Waals surface area contributed by atoms with Crippen LogP contribution < -0.4 is 4.74 Å². The highest BCUT2D eigenvalue weighted by Gasteiger charge is 2.39. The average molecular weight is 475 g/mol. The van der Waals surface area contributed by atoms with E-state index in [-0.39, 0.29) is 17.6 Å². The Morgan fingerprint density at radius 1 is 0.824 bits per heavy atom. The molecule has 0 bridgehead atoms. The summed E-state index contributed by atoms with van der Waals surface area (Å²) in [7, 11) is 0. The maximum absolute atomic E-state index is 13.8. The minimum atomic E-state index is -0.815. The van der Waals surface area contributed by atoms with Crippen LogP contribution in [0.3, 0.4) is 0 Å². The number of fused-ring (bicyclic) bond motifs is 1. The molecule has 0 aromatic heterocycles. The monoisotopic (exact) mass is 474 g/mol. The van der Waals surface area contributed by atoms with Gasteiger partial charge in [0.1, 0.15) is 5.82 Å². The van der Waals surface area contributed by atoms with Crippen LogP contribution in [0.25, 0.3) is 0 Å². The topological polar surface area (TPSA) is 26.3 Å². The van der Waals surface area contributed by atoms with Crippen molar-refractivity contribution in [3.8, 4) is 5.75 Å². The first-order valence-electron chi connectivity index (χ1n) is 14.2. The van der Waals surface area contributed by atoms with Crippen molar-refractivity contribution in [1.29, 1.82) is 0 Å². The molecule has 1 aromatic carbocycles. The lowest BCUT2D eigenvalue weighted by molar-refractivity contribution is -0.140. The fourth-order valence-electron chi connectivity index (χ4n) is 7.33. The van der Waals surface area contributed by atoms with Crippen LogP contribution in [-0.2, 0) is 4.79 Å². The molecule has 190 valence electrons. The summed E-state index contributed by atoms with van der Waals surface area (Å²) in [5.41, 5.74) is 0. The summed E-state index contributed by atoms with van der Waals surface area (Å²) in [6.45, 7) is 2.29. The summed E-state index contributed by atoms with van der Waals surface area (Å²) in [6, 6.07) is 3.09. The van der Waals surface area contributed by atoms with Crippen molar-refractivity contribution in [2.24, 2.45) is 35.5 Å². The fraction of sp³-hybridized carbons (Fsp3) is 0.767. The van der Waals surface area contributed by atoms with Crippen molar-refractivity contribution in [2.75, 3.05) is 0 Å². The number of unbranched alkanes of at least 4 members (excludes halogenated alkanes) is 4. The van der Waals surface area contributed by atoms with Gasteiger partial charge < -0.3 is 4.74 Å². The Morgan fingerprint density at radius 3 is 2.21 bits per heavy atom. The molecular weight excluding hydrogens is 430 g/mol. The molecule has 0 amide bonds. The number of rotatable bonds is 9. The number of ether oxygens (including phenoxy) is 1. The smallest absolute Gasteiger partial charge is 0.314 e. The third-order valence-electron chi connectivity index (χ3n) is 9.35. The predicted octanol–water partition coefficient (Wildman–Crippen LogP) is 8.87. The van der Waals surface area contributed by atoms with Crippen molar-refractivity contribution in [3.05, 3.63) is 29.8 Å². The molecule has 3 saturated carbocycles. The van der Waals surface area contributed by atoms with Gasteiger partial charge in [0, 0.05) is 6.07 Å². The highest BCUT2D eigenvalue weighted by Crippen LogP contribution is 2.49. The standard InChI is InChI=1S/C30H44F2O2/c1-2-3-4-5-6-7-21-8-9-26-19-25(15-14-24(26)18-21)22-10-12-23(13-11-22)30(33)34-29-17-16-27(31)20-28(29)32/h16-17,20-26H,2-15,18-19H2,1H3. The molecule has 3 aliphatic carbocycles. The molecule has 0 heterocycles. The molecule has 34 heavy (non-hydrogen) atoms. The molecule has 2 nitrogen and oxygen atoms in total. The van der Waals surface area contributed by atoms with E-state index >= 15 is 0 Å². The molecule has 4 rings (SSSR count).